The Morgan fingerprint density at radius 1 is 1.43 bits per heavy atom. The highest BCUT2D eigenvalue weighted by atomic mass is 19.1. The normalized spacial score (nSPS) is 17.3. The van der Waals surface area contributed by atoms with Gasteiger partial charge in [0.05, 0.1) is 5.56 Å². The lowest BCUT2D eigenvalue weighted by Crippen LogP contribution is -2.35. The number of hydrogen-bond acceptors (Lipinski definition) is 3. The maximum absolute atomic E-state index is 13.2. The molecule has 2 rings (SSSR count). The minimum absolute atomic E-state index is 0.0604. The SMILES string of the molecule is CN1CCC(CN(C)Cc2ccc(F)cc2C(=O)O)CC1. The van der Waals surface area contributed by atoms with Crippen LogP contribution < -0.4 is 0 Å². The van der Waals surface area contributed by atoms with Crippen molar-refractivity contribution in [2.24, 2.45) is 5.92 Å². The van der Waals surface area contributed by atoms with Crippen LogP contribution in [-0.2, 0) is 6.54 Å². The van der Waals surface area contributed by atoms with E-state index in [9.17, 15) is 9.18 Å². The number of carboxylic acid groups (broad SMARTS) is 1. The Bertz CT molecular complexity index is 499. The molecule has 1 aromatic rings. The van der Waals surface area contributed by atoms with Crippen molar-refractivity contribution in [1.29, 1.82) is 0 Å². The summed E-state index contributed by atoms with van der Waals surface area (Å²) in [7, 11) is 4.13. The summed E-state index contributed by atoms with van der Waals surface area (Å²) in [6.07, 6.45) is 2.35. The molecule has 5 heteroatoms. The van der Waals surface area contributed by atoms with Crippen molar-refractivity contribution < 1.29 is 14.3 Å². The molecule has 1 N–H and O–H groups in total. The molecule has 1 aliphatic rings. The summed E-state index contributed by atoms with van der Waals surface area (Å²) in [5.74, 6) is -0.925. The van der Waals surface area contributed by atoms with Crippen LogP contribution in [0.3, 0.4) is 0 Å². The molecular formula is C16H23FN2O2. The van der Waals surface area contributed by atoms with Crippen LogP contribution in [0.4, 0.5) is 4.39 Å². The number of nitrogens with zero attached hydrogens (tertiary/aromatic N) is 2. The standard InChI is InChI=1S/C16H23FN2O2/c1-18-7-5-12(6-8-18)10-19(2)11-13-3-4-14(17)9-15(13)16(20)21/h3-4,9,12H,5-8,10-11H2,1-2H3,(H,20,21). The third-order valence-corrected chi connectivity index (χ3v) is 4.15. The second-order valence-corrected chi connectivity index (χ2v) is 6.05. The predicted molar refractivity (Wildman–Crippen MR) is 79.9 cm³/mol. The molecule has 0 amide bonds. The summed E-state index contributed by atoms with van der Waals surface area (Å²) in [6.45, 7) is 3.73. The Morgan fingerprint density at radius 2 is 2.10 bits per heavy atom. The van der Waals surface area contributed by atoms with Crippen molar-refractivity contribution in [2.75, 3.05) is 33.7 Å². The van der Waals surface area contributed by atoms with Crippen LogP contribution in [0, 0.1) is 11.7 Å². The molecule has 0 aliphatic carbocycles. The van der Waals surface area contributed by atoms with Gasteiger partial charge < -0.3 is 14.9 Å². The Balaban J connectivity index is 1.96. The highest BCUT2D eigenvalue weighted by Gasteiger charge is 2.19. The molecule has 1 saturated heterocycles. The Labute approximate surface area is 125 Å². The Hall–Kier alpha value is -1.46. The zero-order valence-electron chi connectivity index (χ0n) is 12.7. The second kappa shape index (κ2) is 7.00. The van der Waals surface area contributed by atoms with Crippen LogP contribution in [0.1, 0.15) is 28.8 Å². The number of benzene rings is 1. The molecule has 0 bridgehead atoms. The maximum Gasteiger partial charge on any atom is 0.336 e. The number of rotatable bonds is 5. The summed E-state index contributed by atoms with van der Waals surface area (Å²) < 4.78 is 13.2. The van der Waals surface area contributed by atoms with Gasteiger partial charge in [0.1, 0.15) is 5.82 Å². The number of piperidine rings is 1. The van der Waals surface area contributed by atoms with Gasteiger partial charge in [-0.15, -0.1) is 0 Å². The molecule has 0 atom stereocenters. The number of halogens is 1. The molecule has 1 fully saturated rings. The van der Waals surface area contributed by atoms with Gasteiger partial charge in [0.25, 0.3) is 0 Å². The van der Waals surface area contributed by atoms with Gasteiger partial charge in [0, 0.05) is 13.1 Å². The van der Waals surface area contributed by atoms with Crippen LogP contribution in [0.2, 0.25) is 0 Å². The van der Waals surface area contributed by atoms with Crippen molar-refractivity contribution in [3.05, 3.63) is 35.1 Å². The van der Waals surface area contributed by atoms with Gasteiger partial charge in [-0.2, -0.15) is 0 Å². The van der Waals surface area contributed by atoms with E-state index >= 15 is 0 Å². The topological polar surface area (TPSA) is 43.8 Å². The molecule has 0 radical (unpaired) electrons. The van der Waals surface area contributed by atoms with Gasteiger partial charge in [-0.1, -0.05) is 6.07 Å². The first-order valence-corrected chi connectivity index (χ1v) is 7.34. The summed E-state index contributed by atoms with van der Waals surface area (Å²) in [4.78, 5) is 15.7. The van der Waals surface area contributed by atoms with Crippen molar-refractivity contribution in [3.63, 3.8) is 0 Å². The van der Waals surface area contributed by atoms with Crippen LogP contribution in [0.5, 0.6) is 0 Å². The molecule has 21 heavy (non-hydrogen) atoms. The fourth-order valence-electron chi connectivity index (χ4n) is 2.93. The van der Waals surface area contributed by atoms with E-state index in [1.54, 1.807) is 6.07 Å². The minimum Gasteiger partial charge on any atom is -0.478 e. The van der Waals surface area contributed by atoms with E-state index in [2.05, 4.69) is 16.8 Å². The molecule has 4 nitrogen and oxygen atoms in total. The fraction of sp³-hybridized carbons (Fsp3) is 0.562. The largest absolute Gasteiger partial charge is 0.478 e. The van der Waals surface area contributed by atoms with E-state index in [1.807, 2.05) is 7.05 Å². The van der Waals surface area contributed by atoms with Crippen LogP contribution in [-0.4, -0.2) is 54.6 Å². The average molecular weight is 294 g/mol. The van der Waals surface area contributed by atoms with E-state index in [1.165, 1.54) is 18.9 Å². The van der Waals surface area contributed by atoms with Gasteiger partial charge in [-0.3, -0.25) is 0 Å². The van der Waals surface area contributed by atoms with Crippen LogP contribution in [0.25, 0.3) is 0 Å². The number of hydrogen-bond donors (Lipinski definition) is 1. The van der Waals surface area contributed by atoms with E-state index in [0.29, 0.717) is 18.0 Å². The predicted octanol–water partition coefficient (Wildman–Crippen LogP) is 2.30. The maximum atomic E-state index is 13.2. The zero-order chi connectivity index (χ0) is 15.4. The first-order valence-electron chi connectivity index (χ1n) is 7.34. The van der Waals surface area contributed by atoms with E-state index < -0.39 is 11.8 Å². The zero-order valence-corrected chi connectivity index (χ0v) is 12.7. The summed E-state index contributed by atoms with van der Waals surface area (Å²) in [5.41, 5.74) is 0.726. The molecule has 0 spiro atoms. The van der Waals surface area contributed by atoms with Crippen LogP contribution >= 0.6 is 0 Å². The summed E-state index contributed by atoms with van der Waals surface area (Å²) >= 11 is 0. The number of carbonyl (C=O) groups is 1. The van der Waals surface area contributed by atoms with Gasteiger partial charge >= 0.3 is 5.97 Å². The summed E-state index contributed by atoms with van der Waals surface area (Å²) in [6, 6.07) is 4.00. The summed E-state index contributed by atoms with van der Waals surface area (Å²) in [5, 5.41) is 9.16. The third kappa shape index (κ3) is 4.51. The minimum atomic E-state index is -1.07. The average Bonchev–Trinajstić information content (AvgIpc) is 2.43. The van der Waals surface area contributed by atoms with Gasteiger partial charge in [-0.25, -0.2) is 9.18 Å². The highest BCUT2D eigenvalue weighted by Crippen LogP contribution is 2.19. The lowest BCUT2D eigenvalue weighted by molar-refractivity contribution is 0.0694. The smallest absolute Gasteiger partial charge is 0.336 e. The number of likely N-dealkylation sites (tertiary alicyclic amines) is 1. The van der Waals surface area contributed by atoms with Gasteiger partial charge in [0.15, 0.2) is 0 Å². The van der Waals surface area contributed by atoms with Gasteiger partial charge in [-0.05, 0) is 63.6 Å². The van der Waals surface area contributed by atoms with E-state index in [4.69, 9.17) is 5.11 Å². The Kier molecular flexibility index (Phi) is 5.31. The van der Waals surface area contributed by atoms with Crippen molar-refractivity contribution >= 4 is 5.97 Å². The van der Waals surface area contributed by atoms with Gasteiger partial charge in [0.2, 0.25) is 0 Å². The first-order chi connectivity index (χ1) is 9.95. The molecule has 0 aromatic heterocycles. The molecular weight excluding hydrogens is 271 g/mol. The lowest BCUT2D eigenvalue weighted by atomic mass is 9.96. The number of carboxylic acids is 1. The second-order valence-electron chi connectivity index (χ2n) is 6.05. The first kappa shape index (κ1) is 15.9. The van der Waals surface area contributed by atoms with Crippen molar-refractivity contribution in [2.45, 2.75) is 19.4 Å². The fourth-order valence-corrected chi connectivity index (χ4v) is 2.93. The molecule has 1 heterocycles. The number of aromatic carboxylic acids is 1. The van der Waals surface area contributed by atoms with Crippen LogP contribution in [0.15, 0.2) is 18.2 Å². The molecule has 1 aliphatic heterocycles. The highest BCUT2D eigenvalue weighted by molar-refractivity contribution is 5.89. The van der Waals surface area contributed by atoms with Crippen molar-refractivity contribution in [1.82, 2.24) is 9.80 Å². The van der Waals surface area contributed by atoms with E-state index in [0.717, 1.165) is 25.7 Å². The Morgan fingerprint density at radius 3 is 2.71 bits per heavy atom. The monoisotopic (exact) mass is 294 g/mol. The molecule has 0 saturated carbocycles. The van der Waals surface area contributed by atoms with Crippen molar-refractivity contribution in [3.8, 4) is 0 Å². The van der Waals surface area contributed by atoms with E-state index in [-0.39, 0.29) is 5.56 Å². The molecule has 116 valence electrons. The lowest BCUT2D eigenvalue weighted by Gasteiger charge is -2.31. The molecule has 1 aromatic carbocycles. The quantitative estimate of drug-likeness (QED) is 0.905. The molecule has 0 unspecified atom stereocenters. The third-order valence-electron chi connectivity index (χ3n) is 4.15.